The Bertz CT molecular complexity index is 201. The van der Waals surface area contributed by atoms with Crippen LogP contribution < -0.4 is 0 Å². The minimum Gasteiger partial charge on any atom is -0.469 e. The Morgan fingerprint density at radius 2 is 1.88 bits per heavy atom. The molecule has 1 fully saturated rings. The normalized spacial score (nSPS) is 29.3. The lowest BCUT2D eigenvalue weighted by atomic mass is 9.75. The topological polar surface area (TPSA) is 46.5 Å². The van der Waals surface area contributed by atoms with Crippen LogP contribution in [0.25, 0.3) is 0 Å². The molecule has 16 heavy (non-hydrogen) atoms. The third-order valence-corrected chi connectivity index (χ3v) is 3.27. The van der Waals surface area contributed by atoms with Crippen molar-refractivity contribution in [3.8, 4) is 0 Å². The van der Waals surface area contributed by atoms with Gasteiger partial charge in [0.15, 0.2) is 0 Å². The lowest BCUT2D eigenvalue weighted by Gasteiger charge is -2.33. The minimum absolute atomic E-state index is 0.0289. The molecule has 0 saturated heterocycles. The van der Waals surface area contributed by atoms with E-state index in [0.29, 0.717) is 11.8 Å². The Hall–Kier alpha value is -0.570. The van der Waals surface area contributed by atoms with Crippen molar-refractivity contribution in [2.45, 2.75) is 53.1 Å². The van der Waals surface area contributed by atoms with Gasteiger partial charge in [-0.2, -0.15) is 0 Å². The smallest absolute Gasteiger partial charge is 0.302 e. The highest BCUT2D eigenvalue weighted by molar-refractivity contribution is 5.65. The summed E-state index contributed by atoms with van der Waals surface area (Å²) in [4.78, 5) is 9.59. The van der Waals surface area contributed by atoms with Crippen LogP contribution in [-0.4, -0.2) is 24.3 Å². The summed E-state index contributed by atoms with van der Waals surface area (Å²) in [6, 6.07) is 0. The van der Waals surface area contributed by atoms with Crippen molar-refractivity contribution < 1.29 is 14.6 Å². The maximum atomic E-state index is 9.71. The molecule has 0 radical (unpaired) electrons. The quantitative estimate of drug-likeness (QED) is 0.704. The van der Waals surface area contributed by atoms with Gasteiger partial charge < -0.3 is 9.84 Å². The predicted octanol–water partition coefficient (Wildman–Crippen LogP) is 2.62. The summed E-state index contributed by atoms with van der Waals surface area (Å²) in [7, 11) is 1.35. The van der Waals surface area contributed by atoms with Crippen molar-refractivity contribution in [3.05, 3.63) is 0 Å². The van der Waals surface area contributed by atoms with Crippen LogP contribution in [0.15, 0.2) is 0 Å². The van der Waals surface area contributed by atoms with Crippen LogP contribution in [0, 0.1) is 17.8 Å². The lowest BCUT2D eigenvalue weighted by molar-refractivity contribution is -0.137. The Morgan fingerprint density at radius 1 is 1.38 bits per heavy atom. The van der Waals surface area contributed by atoms with E-state index in [1.807, 2.05) is 0 Å². The van der Waals surface area contributed by atoms with Crippen molar-refractivity contribution in [2.75, 3.05) is 7.11 Å². The molecular formula is C13H26O3. The molecule has 3 atom stereocenters. The van der Waals surface area contributed by atoms with Gasteiger partial charge in [-0.3, -0.25) is 4.79 Å². The number of ether oxygens (including phenoxy) is 1. The molecule has 3 heteroatoms. The van der Waals surface area contributed by atoms with Gasteiger partial charge in [0, 0.05) is 6.92 Å². The van der Waals surface area contributed by atoms with E-state index in [1.165, 1.54) is 26.9 Å². The number of rotatable bonds is 1. The van der Waals surface area contributed by atoms with Gasteiger partial charge >= 0.3 is 5.97 Å². The van der Waals surface area contributed by atoms with E-state index < -0.39 is 0 Å². The van der Waals surface area contributed by atoms with Crippen LogP contribution >= 0.6 is 0 Å². The summed E-state index contributed by atoms with van der Waals surface area (Å²) in [5.41, 5.74) is 0. The number of carbonyl (C=O) groups is 1. The van der Waals surface area contributed by atoms with Crippen LogP contribution in [0.5, 0.6) is 0 Å². The molecular weight excluding hydrogens is 204 g/mol. The van der Waals surface area contributed by atoms with Gasteiger partial charge in [-0.05, 0) is 30.6 Å². The van der Waals surface area contributed by atoms with E-state index >= 15 is 0 Å². The number of esters is 1. The van der Waals surface area contributed by atoms with E-state index in [4.69, 9.17) is 0 Å². The average molecular weight is 230 g/mol. The summed E-state index contributed by atoms with van der Waals surface area (Å²) >= 11 is 0. The summed E-state index contributed by atoms with van der Waals surface area (Å²) < 4.78 is 4.11. The van der Waals surface area contributed by atoms with E-state index in [-0.39, 0.29) is 12.1 Å². The van der Waals surface area contributed by atoms with Crippen molar-refractivity contribution in [2.24, 2.45) is 17.8 Å². The van der Waals surface area contributed by atoms with E-state index in [9.17, 15) is 9.90 Å². The summed E-state index contributed by atoms with van der Waals surface area (Å²) in [6.45, 7) is 8.02. The zero-order chi connectivity index (χ0) is 12.7. The molecule has 0 aromatic heterocycles. The number of methoxy groups -OCH3 is 1. The standard InChI is InChI=1S/C10H20O.C3H6O2/c1-7(2)9-5-4-8(3)6-10(9)11;1-3(4)5-2/h7-11H,4-6H2,1-3H3;1-2H3/t8-,9-,10+;/m0./s1. The largest absolute Gasteiger partial charge is 0.469 e. The highest BCUT2D eigenvalue weighted by Crippen LogP contribution is 2.33. The molecule has 0 spiro atoms. The van der Waals surface area contributed by atoms with Crippen LogP contribution in [0.2, 0.25) is 0 Å². The Kier molecular flexibility index (Phi) is 7.39. The molecule has 3 nitrogen and oxygen atoms in total. The second-order valence-electron chi connectivity index (χ2n) is 5.09. The van der Waals surface area contributed by atoms with Gasteiger partial charge in [0.05, 0.1) is 13.2 Å². The molecule has 0 heterocycles. The molecule has 1 aliphatic rings. The summed E-state index contributed by atoms with van der Waals surface area (Å²) in [6.07, 6.45) is 3.52. The first kappa shape index (κ1) is 15.4. The van der Waals surface area contributed by atoms with E-state index in [1.54, 1.807) is 0 Å². The first-order valence-corrected chi connectivity index (χ1v) is 6.11. The second kappa shape index (κ2) is 7.66. The maximum Gasteiger partial charge on any atom is 0.302 e. The van der Waals surface area contributed by atoms with Gasteiger partial charge in [0.25, 0.3) is 0 Å². The average Bonchev–Trinajstić information content (AvgIpc) is 2.17. The third kappa shape index (κ3) is 6.11. The van der Waals surface area contributed by atoms with Gasteiger partial charge in [0.1, 0.15) is 0 Å². The molecule has 1 saturated carbocycles. The minimum atomic E-state index is -0.245. The van der Waals surface area contributed by atoms with Crippen molar-refractivity contribution in [1.82, 2.24) is 0 Å². The summed E-state index contributed by atoms with van der Waals surface area (Å²) in [5, 5.41) is 9.71. The number of carbonyl (C=O) groups excluding carboxylic acids is 1. The molecule has 1 aliphatic carbocycles. The number of hydrogen-bond acceptors (Lipinski definition) is 3. The van der Waals surface area contributed by atoms with Gasteiger partial charge in [-0.1, -0.05) is 27.2 Å². The first-order valence-electron chi connectivity index (χ1n) is 6.11. The number of aliphatic hydroxyl groups is 1. The van der Waals surface area contributed by atoms with E-state index in [0.717, 1.165) is 12.3 Å². The Morgan fingerprint density at radius 3 is 2.19 bits per heavy atom. The fraction of sp³-hybridized carbons (Fsp3) is 0.923. The molecule has 1 rings (SSSR count). The van der Waals surface area contributed by atoms with Crippen molar-refractivity contribution in [3.63, 3.8) is 0 Å². The second-order valence-corrected chi connectivity index (χ2v) is 5.09. The van der Waals surface area contributed by atoms with Gasteiger partial charge in [-0.25, -0.2) is 0 Å². The zero-order valence-corrected chi connectivity index (χ0v) is 11.2. The molecule has 96 valence electrons. The van der Waals surface area contributed by atoms with Crippen molar-refractivity contribution >= 4 is 5.97 Å². The molecule has 0 aromatic carbocycles. The van der Waals surface area contributed by atoms with E-state index in [2.05, 4.69) is 25.5 Å². The zero-order valence-electron chi connectivity index (χ0n) is 11.2. The van der Waals surface area contributed by atoms with Gasteiger partial charge in [-0.15, -0.1) is 0 Å². The Balaban J connectivity index is 0.000000385. The summed E-state index contributed by atoms with van der Waals surface area (Å²) in [5.74, 6) is 1.70. The number of aliphatic hydroxyl groups excluding tert-OH is 1. The molecule has 0 bridgehead atoms. The molecule has 0 amide bonds. The lowest BCUT2D eigenvalue weighted by Crippen LogP contribution is -2.31. The maximum absolute atomic E-state index is 9.71. The van der Waals surface area contributed by atoms with Crippen LogP contribution in [0.4, 0.5) is 0 Å². The highest BCUT2D eigenvalue weighted by atomic mass is 16.5. The molecule has 1 N–H and O–H groups in total. The Labute approximate surface area is 99.2 Å². The molecule has 0 aliphatic heterocycles. The first-order chi connectivity index (χ1) is 7.38. The van der Waals surface area contributed by atoms with Crippen LogP contribution in [0.3, 0.4) is 0 Å². The fourth-order valence-corrected chi connectivity index (χ4v) is 2.15. The fourth-order valence-electron chi connectivity index (χ4n) is 2.15. The molecule has 0 aromatic rings. The van der Waals surface area contributed by atoms with Crippen LogP contribution in [0.1, 0.15) is 47.0 Å². The highest BCUT2D eigenvalue weighted by Gasteiger charge is 2.28. The molecule has 0 unspecified atom stereocenters. The van der Waals surface area contributed by atoms with Crippen LogP contribution in [-0.2, 0) is 9.53 Å². The third-order valence-electron chi connectivity index (χ3n) is 3.27. The monoisotopic (exact) mass is 230 g/mol. The van der Waals surface area contributed by atoms with Gasteiger partial charge in [0.2, 0.25) is 0 Å². The predicted molar refractivity (Wildman–Crippen MR) is 65.0 cm³/mol. The number of hydrogen-bond donors (Lipinski definition) is 1. The van der Waals surface area contributed by atoms with Crippen molar-refractivity contribution in [1.29, 1.82) is 0 Å². The SMILES string of the molecule is CC(C)[C@@H]1CC[C@H](C)C[C@H]1O.COC(C)=O.